The molecule has 2 aromatic rings. The van der Waals surface area contributed by atoms with E-state index in [0.717, 1.165) is 37.7 Å². The van der Waals surface area contributed by atoms with Crippen molar-refractivity contribution in [2.24, 2.45) is 0 Å². The summed E-state index contributed by atoms with van der Waals surface area (Å²) in [7, 11) is 1.94. The number of nitrogens with zero attached hydrogens (tertiary/aromatic N) is 1. The fourth-order valence-electron chi connectivity index (χ4n) is 2.44. The number of rotatable bonds is 4. The first kappa shape index (κ1) is 12.0. The highest BCUT2D eigenvalue weighted by Gasteiger charge is 2.18. The Labute approximate surface area is 111 Å². The third kappa shape index (κ3) is 2.51. The summed E-state index contributed by atoms with van der Waals surface area (Å²) in [4.78, 5) is 4.01. The number of nitrogens with one attached hydrogen (secondary N) is 1. The van der Waals surface area contributed by atoms with Crippen LogP contribution in [-0.4, -0.2) is 18.5 Å². The largest absolute Gasteiger partial charge is 0.463 e. The van der Waals surface area contributed by atoms with Crippen LogP contribution in [0.4, 0.5) is 0 Å². The van der Waals surface area contributed by atoms with Gasteiger partial charge in [-0.2, -0.15) is 0 Å². The summed E-state index contributed by atoms with van der Waals surface area (Å²) in [6, 6.07) is 6.41. The van der Waals surface area contributed by atoms with Crippen LogP contribution in [-0.2, 0) is 26.1 Å². The lowest BCUT2D eigenvalue weighted by molar-refractivity contribution is 0.225. The van der Waals surface area contributed by atoms with Crippen LogP contribution < -0.4 is 5.32 Å². The van der Waals surface area contributed by atoms with E-state index in [1.165, 1.54) is 12.0 Å². The van der Waals surface area contributed by atoms with Crippen LogP contribution >= 0.6 is 11.3 Å². The average molecular weight is 262 g/mol. The van der Waals surface area contributed by atoms with Gasteiger partial charge in [0.25, 0.3) is 0 Å². The molecule has 0 aliphatic carbocycles. The first-order chi connectivity index (χ1) is 8.85. The first-order valence-electron chi connectivity index (χ1n) is 6.35. The molecule has 0 fully saturated rings. The van der Waals surface area contributed by atoms with Crippen LogP contribution in [0.2, 0.25) is 0 Å². The van der Waals surface area contributed by atoms with E-state index in [2.05, 4.69) is 33.8 Å². The topological polar surface area (TPSA) is 28.4 Å². The molecule has 0 bridgehead atoms. The molecule has 0 atom stereocenters. The van der Waals surface area contributed by atoms with Gasteiger partial charge in [-0.25, -0.2) is 0 Å². The second-order valence-corrected chi connectivity index (χ2v) is 5.73. The van der Waals surface area contributed by atoms with Crippen molar-refractivity contribution in [1.82, 2.24) is 10.2 Å². The third-order valence-electron chi connectivity index (χ3n) is 3.33. The van der Waals surface area contributed by atoms with Gasteiger partial charge in [0.2, 0.25) is 0 Å². The molecule has 2 aromatic heterocycles. The van der Waals surface area contributed by atoms with Gasteiger partial charge >= 0.3 is 0 Å². The minimum Gasteiger partial charge on any atom is -0.463 e. The molecule has 3 heterocycles. The van der Waals surface area contributed by atoms with Crippen LogP contribution in [0.15, 0.2) is 28.0 Å². The quantitative estimate of drug-likeness (QED) is 0.918. The highest BCUT2D eigenvalue weighted by Crippen LogP contribution is 2.25. The van der Waals surface area contributed by atoms with Crippen molar-refractivity contribution in [1.29, 1.82) is 0 Å². The summed E-state index contributed by atoms with van der Waals surface area (Å²) in [5.74, 6) is 2.08. The van der Waals surface area contributed by atoms with Crippen LogP contribution in [0.1, 0.15) is 22.0 Å². The van der Waals surface area contributed by atoms with Gasteiger partial charge in [-0.3, -0.25) is 4.90 Å². The monoisotopic (exact) mass is 262 g/mol. The molecule has 0 spiro atoms. The highest BCUT2D eigenvalue weighted by molar-refractivity contribution is 7.10. The standard InChI is InChI=1S/C14H18N2OS/c1-15-8-12-2-3-13(17-12)10-16-6-4-14-11(9-16)5-7-18-14/h2-3,5,7,15H,4,6,8-10H2,1H3. The van der Waals surface area contributed by atoms with E-state index in [1.807, 2.05) is 18.4 Å². The van der Waals surface area contributed by atoms with E-state index in [9.17, 15) is 0 Å². The molecular weight excluding hydrogens is 244 g/mol. The molecule has 0 amide bonds. The minimum absolute atomic E-state index is 0.800. The molecule has 0 saturated heterocycles. The fraction of sp³-hybridized carbons (Fsp3) is 0.429. The van der Waals surface area contributed by atoms with Gasteiger partial charge in [0.1, 0.15) is 11.5 Å². The molecule has 1 aliphatic rings. The smallest absolute Gasteiger partial charge is 0.118 e. The van der Waals surface area contributed by atoms with Gasteiger partial charge in [0.05, 0.1) is 13.1 Å². The summed E-state index contributed by atoms with van der Waals surface area (Å²) in [5, 5.41) is 5.30. The second-order valence-electron chi connectivity index (χ2n) is 4.73. The van der Waals surface area contributed by atoms with E-state index < -0.39 is 0 Å². The number of thiophene rings is 1. The van der Waals surface area contributed by atoms with Crippen molar-refractivity contribution < 1.29 is 4.42 Å². The van der Waals surface area contributed by atoms with Crippen LogP contribution in [0.5, 0.6) is 0 Å². The van der Waals surface area contributed by atoms with Crippen molar-refractivity contribution in [2.75, 3.05) is 13.6 Å². The van der Waals surface area contributed by atoms with E-state index in [4.69, 9.17) is 4.42 Å². The SMILES string of the molecule is CNCc1ccc(CN2CCc3sccc3C2)o1. The predicted molar refractivity (Wildman–Crippen MR) is 73.6 cm³/mol. The molecule has 3 nitrogen and oxygen atoms in total. The zero-order chi connectivity index (χ0) is 12.4. The van der Waals surface area contributed by atoms with Gasteiger partial charge in [0, 0.05) is 18.0 Å². The van der Waals surface area contributed by atoms with E-state index in [1.54, 1.807) is 4.88 Å². The minimum atomic E-state index is 0.800. The molecule has 4 heteroatoms. The van der Waals surface area contributed by atoms with E-state index >= 15 is 0 Å². The Bertz CT molecular complexity index is 517. The normalized spacial score (nSPS) is 15.8. The van der Waals surface area contributed by atoms with Crippen LogP contribution in [0, 0.1) is 0 Å². The van der Waals surface area contributed by atoms with E-state index in [-0.39, 0.29) is 0 Å². The zero-order valence-corrected chi connectivity index (χ0v) is 11.4. The Hall–Kier alpha value is -1.10. The lowest BCUT2D eigenvalue weighted by atomic mass is 10.1. The summed E-state index contributed by atoms with van der Waals surface area (Å²) >= 11 is 1.89. The molecule has 3 rings (SSSR count). The molecule has 0 saturated carbocycles. The van der Waals surface area contributed by atoms with Crippen molar-refractivity contribution >= 4 is 11.3 Å². The number of hydrogen-bond donors (Lipinski definition) is 1. The molecule has 0 aromatic carbocycles. The third-order valence-corrected chi connectivity index (χ3v) is 4.36. The maximum absolute atomic E-state index is 5.79. The average Bonchev–Trinajstić information content (AvgIpc) is 2.98. The molecule has 1 aliphatic heterocycles. The van der Waals surface area contributed by atoms with Crippen molar-refractivity contribution in [3.8, 4) is 0 Å². The molecule has 96 valence electrons. The Morgan fingerprint density at radius 2 is 2.22 bits per heavy atom. The zero-order valence-electron chi connectivity index (χ0n) is 10.6. The summed E-state index contributed by atoms with van der Waals surface area (Å²) < 4.78 is 5.79. The van der Waals surface area contributed by atoms with Crippen LogP contribution in [0.3, 0.4) is 0 Å². The van der Waals surface area contributed by atoms with Crippen molar-refractivity contribution in [2.45, 2.75) is 26.1 Å². The summed E-state index contributed by atoms with van der Waals surface area (Å²) in [5.41, 5.74) is 1.49. The molecule has 0 radical (unpaired) electrons. The van der Waals surface area contributed by atoms with Crippen molar-refractivity contribution in [3.63, 3.8) is 0 Å². The summed E-state index contributed by atoms with van der Waals surface area (Å²) in [6.45, 7) is 3.91. The lowest BCUT2D eigenvalue weighted by Crippen LogP contribution is -2.28. The Morgan fingerprint density at radius 3 is 3.11 bits per heavy atom. The van der Waals surface area contributed by atoms with Gasteiger partial charge in [0.15, 0.2) is 0 Å². The number of furan rings is 1. The Morgan fingerprint density at radius 1 is 1.33 bits per heavy atom. The predicted octanol–water partition coefficient (Wildman–Crippen LogP) is 2.62. The summed E-state index contributed by atoms with van der Waals surface area (Å²) in [6.07, 6.45) is 1.18. The fourth-order valence-corrected chi connectivity index (χ4v) is 3.33. The Kier molecular flexibility index (Phi) is 3.50. The number of fused-ring (bicyclic) bond motifs is 1. The molecular formula is C14H18N2OS. The lowest BCUT2D eigenvalue weighted by Gasteiger charge is -2.25. The highest BCUT2D eigenvalue weighted by atomic mass is 32.1. The first-order valence-corrected chi connectivity index (χ1v) is 7.23. The van der Waals surface area contributed by atoms with Gasteiger partial charge in [-0.05, 0) is 42.6 Å². The van der Waals surface area contributed by atoms with E-state index in [0.29, 0.717) is 0 Å². The Balaban J connectivity index is 1.63. The maximum atomic E-state index is 5.79. The van der Waals surface area contributed by atoms with Crippen LogP contribution in [0.25, 0.3) is 0 Å². The molecule has 1 N–H and O–H groups in total. The number of hydrogen-bond acceptors (Lipinski definition) is 4. The van der Waals surface area contributed by atoms with Gasteiger partial charge in [-0.1, -0.05) is 0 Å². The van der Waals surface area contributed by atoms with Gasteiger partial charge < -0.3 is 9.73 Å². The second kappa shape index (κ2) is 5.26. The maximum Gasteiger partial charge on any atom is 0.118 e. The molecule has 0 unspecified atom stereocenters. The van der Waals surface area contributed by atoms with Gasteiger partial charge in [-0.15, -0.1) is 11.3 Å². The van der Waals surface area contributed by atoms with Crippen molar-refractivity contribution in [3.05, 3.63) is 45.5 Å². The molecule has 18 heavy (non-hydrogen) atoms.